The van der Waals surface area contributed by atoms with E-state index in [9.17, 15) is 14.7 Å². The number of hydrogen-bond acceptors (Lipinski definition) is 8. The zero-order valence-electron chi connectivity index (χ0n) is 26.1. The van der Waals surface area contributed by atoms with Crippen molar-refractivity contribution in [1.82, 2.24) is 4.98 Å². The predicted molar refractivity (Wildman–Crippen MR) is 180 cm³/mol. The number of benzene rings is 4. The smallest absolute Gasteiger partial charge is 0.301 e. The Bertz CT molecular complexity index is 1950. The Morgan fingerprint density at radius 1 is 0.870 bits per heavy atom. The lowest BCUT2D eigenvalue weighted by Gasteiger charge is -2.24. The van der Waals surface area contributed by atoms with E-state index in [1.54, 1.807) is 42.5 Å². The Morgan fingerprint density at radius 3 is 2.33 bits per heavy atom. The number of thiazole rings is 1. The first-order valence-electron chi connectivity index (χ1n) is 15.1. The van der Waals surface area contributed by atoms with Crippen LogP contribution in [0.25, 0.3) is 16.0 Å². The van der Waals surface area contributed by atoms with E-state index in [4.69, 9.17) is 19.2 Å². The highest BCUT2D eigenvalue weighted by atomic mass is 32.1. The molecular weight excluding hydrogens is 600 g/mol. The molecule has 0 spiro atoms. The molecule has 5 aromatic rings. The number of amides is 1. The number of fused-ring (bicyclic) bond motifs is 1. The van der Waals surface area contributed by atoms with Gasteiger partial charge in [0.05, 0.1) is 35.0 Å². The van der Waals surface area contributed by atoms with Gasteiger partial charge < -0.3 is 19.3 Å². The lowest BCUT2D eigenvalue weighted by Crippen LogP contribution is -2.29. The van der Waals surface area contributed by atoms with Crippen LogP contribution in [0.15, 0.2) is 90.5 Å². The number of Topliss-reactive ketones (excluding diaryl/α,β-unsaturated/α-hetero) is 1. The minimum atomic E-state index is -0.976. The van der Waals surface area contributed by atoms with E-state index in [-0.39, 0.29) is 11.3 Å². The maximum absolute atomic E-state index is 13.9. The van der Waals surface area contributed by atoms with Crippen molar-refractivity contribution in [2.75, 3.05) is 18.1 Å². The average molecular weight is 635 g/mol. The van der Waals surface area contributed by atoms with E-state index in [1.165, 1.54) is 16.2 Å². The van der Waals surface area contributed by atoms with E-state index in [0.717, 1.165) is 26.9 Å². The molecular formula is C37H34N2O6S. The van der Waals surface area contributed by atoms with Gasteiger partial charge in [0.2, 0.25) is 0 Å². The highest BCUT2D eigenvalue weighted by Crippen LogP contribution is 2.46. The number of nitrogens with zero attached hydrogens (tertiary/aromatic N) is 2. The second-order valence-electron chi connectivity index (χ2n) is 11.0. The third-order valence-electron chi connectivity index (χ3n) is 7.73. The van der Waals surface area contributed by atoms with E-state index >= 15 is 0 Å². The number of aryl methyl sites for hydroxylation is 2. The molecule has 1 aliphatic rings. The largest absolute Gasteiger partial charge is 0.507 e. The van der Waals surface area contributed by atoms with Crippen LogP contribution in [0.1, 0.15) is 47.7 Å². The molecule has 6 rings (SSSR count). The number of rotatable bonds is 10. The standard InChI is InChI=1S/C37H34N2O6S/c1-5-43-27-15-12-25(13-16-27)34(40)31-33(26-14-17-28(29(20-26)44-6-2)45-21-24-10-8-7-9-11-24)39(36(42)35(31)41)37-38-32-23(4)18-22(3)19-30(32)46-37/h7-20,33,40H,5-6,21H2,1-4H3. The van der Waals surface area contributed by atoms with Gasteiger partial charge in [-0.15, -0.1) is 0 Å². The minimum absolute atomic E-state index is 0.0401. The summed E-state index contributed by atoms with van der Waals surface area (Å²) in [4.78, 5) is 33.9. The molecule has 4 aromatic carbocycles. The summed E-state index contributed by atoms with van der Waals surface area (Å²) in [6.45, 7) is 8.93. The lowest BCUT2D eigenvalue weighted by atomic mass is 9.95. The molecule has 0 aliphatic carbocycles. The molecule has 46 heavy (non-hydrogen) atoms. The number of carbonyl (C=O) groups excluding carboxylic acids is 2. The second kappa shape index (κ2) is 13.1. The van der Waals surface area contributed by atoms with Crippen LogP contribution in [0.5, 0.6) is 17.2 Å². The molecule has 8 nitrogen and oxygen atoms in total. The number of carbonyl (C=O) groups is 2. The Balaban J connectivity index is 1.49. The maximum atomic E-state index is 13.9. The van der Waals surface area contributed by atoms with Gasteiger partial charge in [0.15, 0.2) is 16.6 Å². The van der Waals surface area contributed by atoms with Gasteiger partial charge >= 0.3 is 5.91 Å². The molecule has 1 saturated heterocycles. The molecule has 1 atom stereocenters. The van der Waals surface area contributed by atoms with Gasteiger partial charge in [-0.05, 0) is 92.4 Å². The van der Waals surface area contributed by atoms with Crippen molar-refractivity contribution in [3.05, 3.63) is 118 Å². The summed E-state index contributed by atoms with van der Waals surface area (Å²) < 4.78 is 18.6. The van der Waals surface area contributed by atoms with E-state index < -0.39 is 17.7 Å². The molecule has 0 saturated carbocycles. The molecule has 0 radical (unpaired) electrons. The van der Waals surface area contributed by atoms with Gasteiger partial charge in [-0.2, -0.15) is 0 Å². The first-order chi connectivity index (χ1) is 22.3. The van der Waals surface area contributed by atoms with Crippen LogP contribution in [0, 0.1) is 13.8 Å². The number of anilines is 1. The molecule has 2 heterocycles. The molecule has 1 N–H and O–H groups in total. The summed E-state index contributed by atoms with van der Waals surface area (Å²) in [7, 11) is 0. The maximum Gasteiger partial charge on any atom is 0.301 e. The summed E-state index contributed by atoms with van der Waals surface area (Å²) in [5, 5.41) is 12.0. The molecule has 1 aromatic heterocycles. The minimum Gasteiger partial charge on any atom is -0.507 e. The lowest BCUT2D eigenvalue weighted by molar-refractivity contribution is -0.132. The van der Waals surface area contributed by atoms with Crippen LogP contribution < -0.4 is 19.1 Å². The topological polar surface area (TPSA) is 98.2 Å². The highest BCUT2D eigenvalue weighted by molar-refractivity contribution is 7.22. The third-order valence-corrected chi connectivity index (χ3v) is 8.73. The van der Waals surface area contributed by atoms with Gasteiger partial charge in [0, 0.05) is 5.56 Å². The first kappa shape index (κ1) is 30.9. The van der Waals surface area contributed by atoms with Crippen molar-refractivity contribution in [3.63, 3.8) is 0 Å². The fourth-order valence-corrected chi connectivity index (χ4v) is 6.82. The molecule has 0 bridgehead atoms. The number of hydrogen-bond donors (Lipinski definition) is 1. The number of aliphatic hydroxyl groups excluding tert-OH is 1. The first-order valence-corrected chi connectivity index (χ1v) is 16.0. The number of ketones is 1. The van der Waals surface area contributed by atoms with Crippen molar-refractivity contribution < 1.29 is 28.9 Å². The quantitative estimate of drug-likeness (QED) is 0.0947. The Labute approximate surface area is 271 Å². The van der Waals surface area contributed by atoms with Crippen LogP contribution >= 0.6 is 11.3 Å². The van der Waals surface area contributed by atoms with E-state index in [0.29, 0.717) is 53.3 Å². The fraction of sp³-hybridized carbons (Fsp3) is 0.216. The molecule has 1 aliphatic heterocycles. The number of aromatic nitrogens is 1. The van der Waals surface area contributed by atoms with Gasteiger partial charge in [0.1, 0.15) is 18.1 Å². The Kier molecular flexibility index (Phi) is 8.76. The van der Waals surface area contributed by atoms with Crippen LogP contribution in [0.4, 0.5) is 5.13 Å². The zero-order valence-corrected chi connectivity index (χ0v) is 26.9. The van der Waals surface area contributed by atoms with E-state index in [1.807, 2.05) is 70.2 Å². The molecule has 9 heteroatoms. The van der Waals surface area contributed by atoms with E-state index in [2.05, 4.69) is 0 Å². The van der Waals surface area contributed by atoms with Crippen LogP contribution in [0.2, 0.25) is 0 Å². The van der Waals surface area contributed by atoms with Gasteiger partial charge in [-0.1, -0.05) is 53.8 Å². The summed E-state index contributed by atoms with van der Waals surface area (Å²) in [5.41, 5.74) is 4.71. The van der Waals surface area contributed by atoms with Crippen LogP contribution in [-0.4, -0.2) is 35.0 Å². The highest BCUT2D eigenvalue weighted by Gasteiger charge is 2.48. The number of ether oxygens (including phenoxy) is 3. The summed E-state index contributed by atoms with van der Waals surface area (Å²) >= 11 is 1.33. The summed E-state index contributed by atoms with van der Waals surface area (Å²) in [6.07, 6.45) is 0. The van der Waals surface area contributed by atoms with Gasteiger partial charge in [0.25, 0.3) is 5.78 Å². The van der Waals surface area contributed by atoms with Crippen LogP contribution in [-0.2, 0) is 16.2 Å². The molecule has 1 amide bonds. The van der Waals surface area contributed by atoms with Crippen LogP contribution in [0.3, 0.4) is 0 Å². The van der Waals surface area contributed by atoms with Crippen molar-refractivity contribution in [2.45, 2.75) is 40.3 Å². The van der Waals surface area contributed by atoms with Gasteiger partial charge in [-0.25, -0.2) is 4.98 Å². The number of aliphatic hydroxyl groups is 1. The Hall–Kier alpha value is -5.15. The van der Waals surface area contributed by atoms with Crippen molar-refractivity contribution in [2.24, 2.45) is 0 Å². The Morgan fingerprint density at radius 2 is 1.61 bits per heavy atom. The summed E-state index contributed by atoms with van der Waals surface area (Å²) in [5.74, 6) is -0.255. The molecule has 1 fully saturated rings. The normalized spacial score (nSPS) is 15.8. The zero-order chi connectivity index (χ0) is 32.4. The average Bonchev–Trinajstić information content (AvgIpc) is 3.59. The van der Waals surface area contributed by atoms with Gasteiger partial charge in [-0.3, -0.25) is 14.5 Å². The molecule has 234 valence electrons. The predicted octanol–water partition coefficient (Wildman–Crippen LogP) is 7.92. The fourth-order valence-electron chi connectivity index (χ4n) is 5.66. The van der Waals surface area contributed by atoms with Crippen molar-refractivity contribution in [3.8, 4) is 17.2 Å². The SMILES string of the molecule is CCOc1ccc(C(O)=C2C(=O)C(=O)N(c3nc4c(C)cc(C)cc4s3)C2c2ccc(OCc3ccccc3)c(OCC)c2)cc1. The monoisotopic (exact) mass is 634 g/mol. The summed E-state index contributed by atoms with van der Waals surface area (Å²) in [6, 6.07) is 25.0. The molecule has 1 unspecified atom stereocenters. The van der Waals surface area contributed by atoms with Crippen molar-refractivity contribution in [1.29, 1.82) is 0 Å². The third kappa shape index (κ3) is 5.93. The second-order valence-corrected chi connectivity index (χ2v) is 12.0. The van der Waals surface area contributed by atoms with Crippen molar-refractivity contribution >= 4 is 44.1 Å².